The predicted octanol–water partition coefficient (Wildman–Crippen LogP) is 3.29. The van der Waals surface area contributed by atoms with Crippen LogP contribution in [0.5, 0.6) is 0 Å². The maximum absolute atomic E-state index is 12.8. The van der Waals surface area contributed by atoms with Gasteiger partial charge in [0.1, 0.15) is 11.6 Å². The van der Waals surface area contributed by atoms with E-state index in [-0.39, 0.29) is 5.91 Å². The van der Waals surface area contributed by atoms with E-state index in [2.05, 4.69) is 5.16 Å². The molecule has 0 spiro atoms. The van der Waals surface area contributed by atoms with Gasteiger partial charge in [0.25, 0.3) is 5.91 Å². The van der Waals surface area contributed by atoms with Gasteiger partial charge in [-0.15, -0.1) is 0 Å². The van der Waals surface area contributed by atoms with Crippen LogP contribution in [0.25, 0.3) is 0 Å². The van der Waals surface area contributed by atoms with Gasteiger partial charge in [0.15, 0.2) is 0 Å². The van der Waals surface area contributed by atoms with E-state index in [0.717, 1.165) is 4.90 Å². The number of oxime groups is 1. The molecular formula is C17H10Cl2N2O3. The molecule has 2 heterocycles. The van der Waals surface area contributed by atoms with Gasteiger partial charge in [-0.25, -0.2) is 4.90 Å². The highest BCUT2D eigenvalue weighted by atomic mass is 35.5. The number of anilines is 1. The predicted molar refractivity (Wildman–Crippen MR) is 90.3 cm³/mol. The number of para-hydroxylation sites is 1. The molecule has 0 saturated carbocycles. The van der Waals surface area contributed by atoms with Crippen molar-refractivity contribution in [3.05, 3.63) is 64.1 Å². The molecule has 2 aromatic rings. The van der Waals surface area contributed by atoms with Crippen LogP contribution in [0.4, 0.5) is 5.69 Å². The molecule has 2 aromatic carbocycles. The van der Waals surface area contributed by atoms with Crippen molar-refractivity contribution in [2.75, 3.05) is 4.90 Å². The van der Waals surface area contributed by atoms with Crippen LogP contribution < -0.4 is 4.90 Å². The largest absolute Gasteiger partial charge is 0.381 e. The maximum atomic E-state index is 12.8. The number of nitrogens with zero attached hydrogens (tertiary/aromatic N) is 2. The molecule has 4 rings (SSSR count). The van der Waals surface area contributed by atoms with Crippen LogP contribution in [-0.4, -0.2) is 23.6 Å². The van der Waals surface area contributed by atoms with Crippen molar-refractivity contribution in [3.63, 3.8) is 0 Å². The molecular weight excluding hydrogens is 351 g/mol. The molecule has 0 bridgehead atoms. The zero-order valence-corrected chi connectivity index (χ0v) is 13.7. The third kappa shape index (κ3) is 2.20. The fraction of sp³-hybridized carbons (Fsp3) is 0.118. The van der Waals surface area contributed by atoms with Crippen LogP contribution in [0.2, 0.25) is 10.0 Å². The van der Waals surface area contributed by atoms with Crippen molar-refractivity contribution < 1.29 is 14.4 Å². The average Bonchev–Trinajstić information content (AvgIpc) is 3.09. The number of halogens is 2. The molecule has 0 aromatic heterocycles. The fourth-order valence-electron chi connectivity index (χ4n) is 2.93. The van der Waals surface area contributed by atoms with Crippen molar-refractivity contribution in [2.45, 2.75) is 6.10 Å². The summed E-state index contributed by atoms with van der Waals surface area (Å²) < 4.78 is 0. The van der Waals surface area contributed by atoms with Crippen LogP contribution in [0.1, 0.15) is 5.56 Å². The Balaban J connectivity index is 1.73. The molecule has 2 amide bonds. The average molecular weight is 361 g/mol. The third-order valence-corrected chi connectivity index (χ3v) is 4.58. The lowest BCUT2D eigenvalue weighted by molar-refractivity contribution is -0.126. The number of carbonyl (C=O) groups is 2. The lowest BCUT2D eigenvalue weighted by atomic mass is 9.94. The summed E-state index contributed by atoms with van der Waals surface area (Å²) in [6.45, 7) is 0. The van der Waals surface area contributed by atoms with Gasteiger partial charge in [-0.1, -0.05) is 52.6 Å². The number of benzene rings is 2. The van der Waals surface area contributed by atoms with Crippen LogP contribution in [0, 0.1) is 5.92 Å². The van der Waals surface area contributed by atoms with Gasteiger partial charge in [-0.05, 0) is 24.3 Å². The lowest BCUT2D eigenvalue weighted by Gasteiger charge is -2.15. The summed E-state index contributed by atoms with van der Waals surface area (Å²) in [5.41, 5.74) is 1.38. The summed E-state index contributed by atoms with van der Waals surface area (Å²) in [6.07, 6.45) is -0.959. The highest BCUT2D eigenvalue weighted by Gasteiger charge is 2.56. The summed E-state index contributed by atoms with van der Waals surface area (Å²) in [6, 6.07) is 13.6. The van der Waals surface area contributed by atoms with Gasteiger partial charge in [0.2, 0.25) is 12.0 Å². The first-order chi connectivity index (χ1) is 11.6. The molecule has 7 heteroatoms. The highest BCUT2D eigenvalue weighted by Crippen LogP contribution is 2.36. The Hall–Kier alpha value is -2.37. The molecule has 1 saturated heterocycles. The molecule has 24 heavy (non-hydrogen) atoms. The molecule has 0 N–H and O–H groups in total. The summed E-state index contributed by atoms with van der Waals surface area (Å²) >= 11 is 12.1. The minimum atomic E-state index is -0.959. The number of fused-ring (bicyclic) bond motifs is 1. The topological polar surface area (TPSA) is 59.0 Å². The first-order valence-corrected chi connectivity index (χ1v) is 7.95. The SMILES string of the molecule is O=C1C2ON=C(c3ccc(Cl)cc3Cl)C2C(=O)N1c1ccccc1. The standard InChI is InChI=1S/C17H10Cl2N2O3/c18-9-6-7-11(12(19)8-9)14-13-15(24-20-14)17(23)21(16(13)22)10-4-2-1-3-5-10/h1-8,13,15H. The van der Waals surface area contributed by atoms with E-state index in [1.165, 1.54) is 0 Å². The van der Waals surface area contributed by atoms with E-state index in [9.17, 15) is 9.59 Å². The Bertz CT molecular complexity index is 883. The smallest absolute Gasteiger partial charge is 0.278 e. The summed E-state index contributed by atoms with van der Waals surface area (Å²) in [4.78, 5) is 31.8. The van der Waals surface area contributed by atoms with Gasteiger partial charge in [0, 0.05) is 10.6 Å². The molecule has 1 fully saturated rings. The highest BCUT2D eigenvalue weighted by molar-refractivity contribution is 6.39. The first kappa shape index (κ1) is 15.2. The molecule has 120 valence electrons. The molecule has 2 unspecified atom stereocenters. The van der Waals surface area contributed by atoms with Crippen LogP contribution in [0.15, 0.2) is 53.7 Å². The summed E-state index contributed by atoms with van der Waals surface area (Å²) in [5.74, 6) is -1.62. The van der Waals surface area contributed by atoms with Crippen molar-refractivity contribution >= 4 is 46.4 Å². The second kappa shape index (κ2) is 5.61. The molecule has 0 radical (unpaired) electrons. The third-order valence-electron chi connectivity index (χ3n) is 4.03. The normalized spacial score (nSPS) is 22.4. The second-order valence-electron chi connectivity index (χ2n) is 5.45. The number of hydrogen-bond acceptors (Lipinski definition) is 4. The number of amides is 2. The van der Waals surface area contributed by atoms with E-state index in [4.69, 9.17) is 28.0 Å². The number of hydrogen-bond donors (Lipinski definition) is 0. The van der Waals surface area contributed by atoms with E-state index >= 15 is 0 Å². The first-order valence-electron chi connectivity index (χ1n) is 7.20. The van der Waals surface area contributed by atoms with Crippen LogP contribution in [0.3, 0.4) is 0 Å². The minimum absolute atomic E-state index is 0.346. The number of imide groups is 1. The Morgan fingerprint density at radius 2 is 1.75 bits per heavy atom. The van der Waals surface area contributed by atoms with E-state index in [0.29, 0.717) is 27.0 Å². The van der Waals surface area contributed by atoms with Gasteiger partial charge >= 0.3 is 0 Å². The Kier molecular flexibility index (Phi) is 3.55. The maximum Gasteiger partial charge on any atom is 0.278 e. The Labute approximate surface area is 147 Å². The molecule has 2 aliphatic rings. The fourth-order valence-corrected chi connectivity index (χ4v) is 3.43. The van der Waals surface area contributed by atoms with Gasteiger partial charge in [-0.3, -0.25) is 9.59 Å². The monoisotopic (exact) mass is 360 g/mol. The van der Waals surface area contributed by atoms with Gasteiger partial charge in [-0.2, -0.15) is 0 Å². The molecule has 2 atom stereocenters. The molecule has 2 aliphatic heterocycles. The van der Waals surface area contributed by atoms with Gasteiger partial charge < -0.3 is 4.84 Å². The van der Waals surface area contributed by atoms with Gasteiger partial charge in [0.05, 0.1) is 10.7 Å². The lowest BCUT2D eigenvalue weighted by Crippen LogP contribution is -2.33. The van der Waals surface area contributed by atoms with Crippen molar-refractivity contribution in [3.8, 4) is 0 Å². The van der Waals surface area contributed by atoms with E-state index in [1.54, 1.807) is 42.5 Å². The zero-order chi connectivity index (χ0) is 16.8. The minimum Gasteiger partial charge on any atom is -0.381 e. The van der Waals surface area contributed by atoms with Crippen LogP contribution >= 0.6 is 23.2 Å². The zero-order valence-electron chi connectivity index (χ0n) is 12.1. The Morgan fingerprint density at radius 1 is 1.00 bits per heavy atom. The van der Waals surface area contributed by atoms with E-state index in [1.807, 2.05) is 6.07 Å². The van der Waals surface area contributed by atoms with Crippen molar-refractivity contribution in [1.82, 2.24) is 0 Å². The molecule has 0 aliphatic carbocycles. The number of rotatable bonds is 2. The summed E-state index contributed by atoms with van der Waals surface area (Å²) in [5, 5.41) is 4.75. The van der Waals surface area contributed by atoms with E-state index < -0.39 is 17.9 Å². The Morgan fingerprint density at radius 3 is 2.46 bits per heavy atom. The van der Waals surface area contributed by atoms with Crippen molar-refractivity contribution in [1.29, 1.82) is 0 Å². The summed E-state index contributed by atoms with van der Waals surface area (Å²) in [7, 11) is 0. The second-order valence-corrected chi connectivity index (χ2v) is 6.30. The van der Waals surface area contributed by atoms with Crippen molar-refractivity contribution in [2.24, 2.45) is 11.1 Å². The quantitative estimate of drug-likeness (QED) is 0.772. The van der Waals surface area contributed by atoms with Crippen LogP contribution in [-0.2, 0) is 14.4 Å². The molecule has 5 nitrogen and oxygen atoms in total. The number of carbonyl (C=O) groups excluding carboxylic acids is 2.